The van der Waals surface area contributed by atoms with E-state index < -0.39 is 5.97 Å². The molecule has 4 heteroatoms. The number of rotatable bonds is 4. The number of carboxylic acid groups (broad SMARTS) is 1. The molecular formula is C9H9ClO3. The topological polar surface area (TPSA) is 46.5 Å². The Hall–Kier alpha value is -1.06. The first kappa shape index (κ1) is 10.0. The molecule has 0 aromatic heterocycles. The molecule has 0 bridgehead atoms. The molecule has 0 unspecified atom stereocenters. The van der Waals surface area contributed by atoms with Gasteiger partial charge in [-0.3, -0.25) is 4.29 Å². The van der Waals surface area contributed by atoms with Crippen molar-refractivity contribution < 1.29 is 14.2 Å². The standard InChI is InChI=1S/C9H9ClO3/c10-13-6-5-7-3-1-2-4-8(7)9(11)12/h1-4H,5-6H2,(H,11,12). The number of benzene rings is 1. The molecule has 1 rings (SSSR count). The van der Waals surface area contributed by atoms with Crippen LogP contribution in [0.25, 0.3) is 0 Å². The van der Waals surface area contributed by atoms with Crippen LogP contribution in [0.15, 0.2) is 24.3 Å². The van der Waals surface area contributed by atoms with Gasteiger partial charge in [0.15, 0.2) is 0 Å². The second kappa shape index (κ2) is 4.84. The van der Waals surface area contributed by atoms with Crippen LogP contribution in [0.3, 0.4) is 0 Å². The smallest absolute Gasteiger partial charge is 0.335 e. The van der Waals surface area contributed by atoms with Crippen molar-refractivity contribution >= 4 is 17.8 Å². The minimum atomic E-state index is -0.926. The normalized spacial score (nSPS) is 9.92. The number of aromatic carboxylic acids is 1. The average molecular weight is 201 g/mol. The van der Waals surface area contributed by atoms with Crippen LogP contribution in [0, 0.1) is 0 Å². The van der Waals surface area contributed by atoms with Gasteiger partial charge in [0, 0.05) is 0 Å². The molecule has 0 aliphatic heterocycles. The maximum atomic E-state index is 10.7. The summed E-state index contributed by atoms with van der Waals surface area (Å²) in [6, 6.07) is 6.79. The highest BCUT2D eigenvalue weighted by Crippen LogP contribution is 2.09. The number of carboxylic acids is 1. The Morgan fingerprint density at radius 3 is 2.77 bits per heavy atom. The van der Waals surface area contributed by atoms with Gasteiger partial charge in [-0.2, -0.15) is 0 Å². The highest BCUT2D eigenvalue weighted by atomic mass is 35.5. The second-order valence-corrected chi connectivity index (χ2v) is 2.74. The van der Waals surface area contributed by atoms with Crippen LogP contribution in [0.4, 0.5) is 0 Å². The van der Waals surface area contributed by atoms with Gasteiger partial charge in [-0.25, -0.2) is 4.79 Å². The van der Waals surface area contributed by atoms with Gasteiger partial charge in [0.2, 0.25) is 0 Å². The third-order valence-corrected chi connectivity index (χ3v) is 1.85. The third kappa shape index (κ3) is 2.72. The first-order chi connectivity index (χ1) is 6.25. The molecule has 0 saturated heterocycles. The molecule has 13 heavy (non-hydrogen) atoms. The molecule has 0 aliphatic rings. The minimum Gasteiger partial charge on any atom is -0.478 e. The number of carbonyl (C=O) groups is 1. The zero-order valence-corrected chi connectivity index (χ0v) is 7.62. The summed E-state index contributed by atoms with van der Waals surface area (Å²) in [5.74, 6) is -0.926. The molecule has 3 nitrogen and oxygen atoms in total. The first-order valence-corrected chi connectivity index (χ1v) is 4.11. The Kier molecular flexibility index (Phi) is 3.73. The summed E-state index contributed by atoms with van der Waals surface area (Å²) in [5.41, 5.74) is 1.03. The van der Waals surface area contributed by atoms with Crippen molar-refractivity contribution in [2.24, 2.45) is 0 Å². The van der Waals surface area contributed by atoms with Crippen molar-refractivity contribution in [1.82, 2.24) is 0 Å². The quantitative estimate of drug-likeness (QED) is 0.810. The summed E-state index contributed by atoms with van der Waals surface area (Å²) in [7, 11) is 0. The lowest BCUT2D eigenvalue weighted by Crippen LogP contribution is -2.03. The largest absolute Gasteiger partial charge is 0.478 e. The monoisotopic (exact) mass is 200 g/mol. The van der Waals surface area contributed by atoms with Gasteiger partial charge in [-0.1, -0.05) is 18.2 Å². The fourth-order valence-electron chi connectivity index (χ4n) is 1.10. The average Bonchev–Trinajstić information content (AvgIpc) is 2.15. The maximum absolute atomic E-state index is 10.7. The van der Waals surface area contributed by atoms with Gasteiger partial charge in [-0.05, 0) is 18.1 Å². The molecule has 0 radical (unpaired) electrons. The van der Waals surface area contributed by atoms with Crippen molar-refractivity contribution in [3.63, 3.8) is 0 Å². The summed E-state index contributed by atoms with van der Waals surface area (Å²) in [6.07, 6.45) is 0.506. The van der Waals surface area contributed by atoms with Crippen molar-refractivity contribution in [2.45, 2.75) is 6.42 Å². The lowest BCUT2D eigenvalue weighted by atomic mass is 10.1. The number of hydrogen-bond donors (Lipinski definition) is 1. The molecule has 1 aromatic carbocycles. The molecule has 0 amide bonds. The molecule has 0 saturated carbocycles. The Balaban J connectivity index is 2.84. The van der Waals surface area contributed by atoms with E-state index in [1.54, 1.807) is 24.3 Å². The van der Waals surface area contributed by atoms with Gasteiger partial charge < -0.3 is 5.11 Å². The summed E-state index contributed by atoms with van der Waals surface area (Å²) in [4.78, 5) is 10.7. The maximum Gasteiger partial charge on any atom is 0.335 e. The van der Waals surface area contributed by atoms with Crippen molar-refractivity contribution in [1.29, 1.82) is 0 Å². The molecular weight excluding hydrogens is 192 g/mol. The molecule has 1 aromatic rings. The summed E-state index contributed by atoms with van der Waals surface area (Å²) < 4.78 is 4.36. The molecule has 70 valence electrons. The zero-order chi connectivity index (χ0) is 9.68. The van der Waals surface area contributed by atoms with Crippen LogP contribution >= 0.6 is 11.9 Å². The van der Waals surface area contributed by atoms with Crippen LogP contribution in [0.5, 0.6) is 0 Å². The van der Waals surface area contributed by atoms with E-state index in [-0.39, 0.29) is 0 Å². The van der Waals surface area contributed by atoms with Crippen molar-refractivity contribution in [3.8, 4) is 0 Å². The van der Waals surface area contributed by atoms with E-state index in [2.05, 4.69) is 4.29 Å². The Bertz CT molecular complexity index is 299. The molecule has 0 spiro atoms. The fourth-order valence-corrected chi connectivity index (χ4v) is 1.17. The van der Waals surface area contributed by atoms with E-state index in [1.165, 1.54) is 0 Å². The molecule has 0 aliphatic carbocycles. The first-order valence-electron chi connectivity index (χ1n) is 3.80. The third-order valence-electron chi connectivity index (χ3n) is 1.70. The Morgan fingerprint density at radius 1 is 1.46 bits per heavy atom. The van der Waals surface area contributed by atoms with Gasteiger partial charge in [-0.15, -0.1) is 0 Å². The highest BCUT2D eigenvalue weighted by molar-refractivity contribution is 6.07. The predicted octanol–water partition coefficient (Wildman–Crippen LogP) is 2.10. The number of halogens is 1. The SMILES string of the molecule is O=C(O)c1ccccc1CCOCl. The second-order valence-electron chi connectivity index (χ2n) is 2.53. The van der Waals surface area contributed by atoms with E-state index in [0.29, 0.717) is 18.6 Å². The van der Waals surface area contributed by atoms with Crippen LogP contribution in [0.2, 0.25) is 0 Å². The summed E-state index contributed by atoms with van der Waals surface area (Å²) in [5, 5.41) is 8.79. The minimum absolute atomic E-state index is 0.302. The zero-order valence-electron chi connectivity index (χ0n) is 6.87. The molecule has 0 heterocycles. The Morgan fingerprint density at radius 2 is 2.15 bits per heavy atom. The highest BCUT2D eigenvalue weighted by Gasteiger charge is 2.07. The van der Waals surface area contributed by atoms with E-state index in [1.807, 2.05) is 0 Å². The van der Waals surface area contributed by atoms with Crippen molar-refractivity contribution in [3.05, 3.63) is 35.4 Å². The van der Waals surface area contributed by atoms with E-state index in [9.17, 15) is 4.79 Å². The number of hydrogen-bond acceptors (Lipinski definition) is 2. The van der Waals surface area contributed by atoms with Crippen LogP contribution in [-0.2, 0) is 10.7 Å². The molecule has 0 fully saturated rings. The van der Waals surface area contributed by atoms with E-state index >= 15 is 0 Å². The van der Waals surface area contributed by atoms with Crippen molar-refractivity contribution in [2.75, 3.05) is 6.61 Å². The Labute approximate surface area is 81.1 Å². The molecule has 0 atom stereocenters. The van der Waals surface area contributed by atoms with Gasteiger partial charge in [0.1, 0.15) is 0 Å². The van der Waals surface area contributed by atoms with Gasteiger partial charge in [0.05, 0.1) is 24.0 Å². The summed E-state index contributed by atoms with van der Waals surface area (Å²) >= 11 is 5.04. The molecule has 1 N–H and O–H groups in total. The van der Waals surface area contributed by atoms with E-state index in [0.717, 1.165) is 5.56 Å². The van der Waals surface area contributed by atoms with Crippen LogP contribution < -0.4 is 0 Å². The lowest BCUT2D eigenvalue weighted by molar-refractivity contribution is 0.0695. The fraction of sp³-hybridized carbons (Fsp3) is 0.222. The van der Waals surface area contributed by atoms with Gasteiger partial charge >= 0.3 is 5.97 Å². The predicted molar refractivity (Wildman–Crippen MR) is 48.9 cm³/mol. The van der Waals surface area contributed by atoms with Crippen LogP contribution in [-0.4, -0.2) is 17.7 Å². The van der Waals surface area contributed by atoms with Crippen LogP contribution in [0.1, 0.15) is 15.9 Å². The van der Waals surface area contributed by atoms with Gasteiger partial charge in [0.25, 0.3) is 0 Å². The lowest BCUT2D eigenvalue weighted by Gasteiger charge is -2.03. The summed E-state index contributed by atoms with van der Waals surface area (Å²) in [6.45, 7) is 0.311. The van der Waals surface area contributed by atoms with E-state index in [4.69, 9.17) is 17.0 Å².